The van der Waals surface area contributed by atoms with E-state index in [-0.39, 0.29) is 35.6 Å². The molecule has 2 rings (SSSR count). The van der Waals surface area contributed by atoms with Crippen LogP contribution in [0.2, 0.25) is 0 Å². The van der Waals surface area contributed by atoms with Crippen molar-refractivity contribution in [1.29, 1.82) is 0 Å². The Bertz CT molecular complexity index is 784. The Morgan fingerprint density at radius 3 is 2.43 bits per heavy atom. The zero-order chi connectivity index (χ0) is 19.8. The highest BCUT2D eigenvalue weighted by Gasteiger charge is 2.19. The lowest BCUT2D eigenvalue weighted by Crippen LogP contribution is -2.41. The minimum absolute atomic E-state index is 0. The Morgan fingerprint density at radius 1 is 1.18 bits per heavy atom. The van der Waals surface area contributed by atoms with Crippen molar-refractivity contribution < 1.29 is 9.72 Å². The molecule has 1 amide bonds. The molecule has 0 bridgehead atoms. The molecule has 28 heavy (non-hydrogen) atoms. The Kier molecular flexibility index (Phi) is 9.41. The monoisotopic (exact) mass is 406 g/mol. The Morgan fingerprint density at radius 2 is 1.86 bits per heavy atom. The number of amides is 1. The van der Waals surface area contributed by atoms with Gasteiger partial charge in [-0.2, -0.15) is 0 Å². The van der Waals surface area contributed by atoms with Gasteiger partial charge in [-0.3, -0.25) is 14.9 Å². The van der Waals surface area contributed by atoms with E-state index in [0.717, 1.165) is 12.0 Å². The first-order chi connectivity index (χ1) is 12.9. The fourth-order valence-electron chi connectivity index (χ4n) is 2.82. The van der Waals surface area contributed by atoms with E-state index in [9.17, 15) is 14.9 Å². The van der Waals surface area contributed by atoms with Crippen molar-refractivity contribution in [1.82, 2.24) is 5.32 Å². The second-order valence-electron chi connectivity index (χ2n) is 6.86. The molecule has 8 heteroatoms. The summed E-state index contributed by atoms with van der Waals surface area (Å²) in [5.41, 5.74) is 7.20. The summed E-state index contributed by atoms with van der Waals surface area (Å²) in [5, 5.41) is 17.4. The van der Waals surface area contributed by atoms with Gasteiger partial charge in [-0.25, -0.2) is 0 Å². The van der Waals surface area contributed by atoms with Gasteiger partial charge in [-0.05, 0) is 30.0 Å². The first-order valence-electron chi connectivity index (χ1n) is 8.98. The topological polar surface area (TPSA) is 110 Å². The van der Waals surface area contributed by atoms with Gasteiger partial charge in [0, 0.05) is 30.8 Å². The van der Waals surface area contributed by atoms with E-state index in [2.05, 4.69) is 10.6 Å². The first kappa shape index (κ1) is 23.4. The number of nitrogens with two attached hydrogens (primary N) is 1. The minimum atomic E-state index is -0.487. The molecular weight excluding hydrogens is 380 g/mol. The Hall–Kier alpha value is -2.64. The fourth-order valence-corrected chi connectivity index (χ4v) is 2.82. The molecule has 0 fully saturated rings. The van der Waals surface area contributed by atoms with E-state index in [1.165, 1.54) is 6.07 Å². The second kappa shape index (κ2) is 11.3. The van der Waals surface area contributed by atoms with Crippen LogP contribution in [0.15, 0.2) is 48.5 Å². The normalized spacial score (nSPS) is 11.4. The van der Waals surface area contributed by atoms with Crippen LogP contribution in [-0.2, 0) is 6.54 Å². The summed E-state index contributed by atoms with van der Waals surface area (Å²) < 4.78 is 0. The third-order valence-electron chi connectivity index (χ3n) is 4.16. The second-order valence-corrected chi connectivity index (χ2v) is 6.86. The number of nitrogens with zero attached hydrogens (tertiary/aromatic N) is 1. The van der Waals surface area contributed by atoms with Gasteiger partial charge in [0.2, 0.25) is 0 Å². The lowest BCUT2D eigenvalue weighted by atomic mass is 10.0. The number of carbonyl (C=O) groups is 1. The maximum absolute atomic E-state index is 12.5. The van der Waals surface area contributed by atoms with Crippen LogP contribution >= 0.6 is 12.4 Å². The highest BCUT2D eigenvalue weighted by molar-refractivity contribution is 5.96. The van der Waals surface area contributed by atoms with Crippen molar-refractivity contribution in [3.63, 3.8) is 0 Å². The lowest BCUT2D eigenvalue weighted by Gasteiger charge is -2.19. The van der Waals surface area contributed by atoms with E-state index < -0.39 is 4.92 Å². The van der Waals surface area contributed by atoms with Crippen LogP contribution in [0.5, 0.6) is 0 Å². The first-order valence-corrected chi connectivity index (χ1v) is 8.98. The molecule has 0 radical (unpaired) electrons. The third-order valence-corrected chi connectivity index (χ3v) is 4.16. The molecule has 0 aliphatic heterocycles. The lowest BCUT2D eigenvalue weighted by molar-refractivity contribution is -0.384. The molecule has 2 aromatic rings. The number of benzene rings is 2. The van der Waals surface area contributed by atoms with Crippen molar-refractivity contribution in [2.75, 3.05) is 11.9 Å². The van der Waals surface area contributed by atoms with Crippen molar-refractivity contribution in [2.45, 2.75) is 32.9 Å². The average Bonchev–Trinajstić information content (AvgIpc) is 2.66. The number of nitrogens with one attached hydrogen (secondary N) is 2. The molecule has 0 saturated heterocycles. The predicted molar refractivity (Wildman–Crippen MR) is 114 cm³/mol. The summed E-state index contributed by atoms with van der Waals surface area (Å²) in [7, 11) is 0. The molecule has 0 spiro atoms. The number of carbonyl (C=O) groups excluding carboxylic acids is 1. The van der Waals surface area contributed by atoms with Gasteiger partial charge in [0.05, 0.1) is 4.92 Å². The zero-order valence-corrected chi connectivity index (χ0v) is 16.9. The molecule has 7 nitrogen and oxygen atoms in total. The van der Waals surface area contributed by atoms with Crippen LogP contribution in [0.3, 0.4) is 0 Å². The van der Waals surface area contributed by atoms with Crippen LogP contribution in [0.4, 0.5) is 11.4 Å². The van der Waals surface area contributed by atoms with Gasteiger partial charge in [0.25, 0.3) is 11.6 Å². The maximum atomic E-state index is 12.5. The number of hydrogen-bond donors (Lipinski definition) is 3. The number of rotatable bonds is 9. The van der Waals surface area contributed by atoms with Gasteiger partial charge >= 0.3 is 0 Å². The van der Waals surface area contributed by atoms with Crippen LogP contribution in [0.25, 0.3) is 0 Å². The van der Waals surface area contributed by atoms with Crippen molar-refractivity contribution in [3.05, 3.63) is 69.8 Å². The van der Waals surface area contributed by atoms with Crippen LogP contribution in [0.1, 0.15) is 36.2 Å². The SMILES string of the molecule is CC(C)CC(CN)NC(=O)c1ccc(NCc2ccccc2)c([N+](=O)[O-])c1.Cl. The highest BCUT2D eigenvalue weighted by atomic mass is 35.5. The van der Waals surface area contributed by atoms with Crippen LogP contribution < -0.4 is 16.4 Å². The Balaban J connectivity index is 0.00000392. The van der Waals surface area contributed by atoms with Crippen molar-refractivity contribution in [3.8, 4) is 0 Å². The molecular formula is C20H27ClN4O3. The summed E-state index contributed by atoms with van der Waals surface area (Å²) >= 11 is 0. The average molecular weight is 407 g/mol. The number of nitro groups is 1. The summed E-state index contributed by atoms with van der Waals surface area (Å²) in [5.74, 6) is 0.0292. The number of hydrogen-bond acceptors (Lipinski definition) is 5. The van der Waals surface area contributed by atoms with Gasteiger partial charge in [0.15, 0.2) is 0 Å². The van der Waals surface area contributed by atoms with E-state index >= 15 is 0 Å². The van der Waals surface area contributed by atoms with Crippen molar-refractivity contribution >= 4 is 29.7 Å². The van der Waals surface area contributed by atoms with Gasteiger partial charge in [-0.1, -0.05) is 44.2 Å². The molecule has 0 aromatic heterocycles. The summed E-state index contributed by atoms with van der Waals surface area (Å²) in [6, 6.07) is 13.9. The standard InChI is InChI=1S/C20H26N4O3.ClH/c1-14(2)10-17(12-21)23-20(25)16-8-9-18(19(11-16)24(26)27)22-13-15-6-4-3-5-7-15;/h3-9,11,14,17,22H,10,12-13,21H2,1-2H3,(H,23,25);1H. The van der Waals surface area contributed by atoms with E-state index in [1.807, 2.05) is 44.2 Å². The third kappa shape index (κ3) is 6.83. The molecule has 1 atom stereocenters. The molecule has 0 heterocycles. The molecule has 0 saturated carbocycles. The fraction of sp³-hybridized carbons (Fsp3) is 0.350. The number of nitro benzene ring substituents is 1. The Labute approximate surface area is 171 Å². The van der Waals surface area contributed by atoms with E-state index in [1.54, 1.807) is 12.1 Å². The molecule has 4 N–H and O–H groups in total. The minimum Gasteiger partial charge on any atom is -0.375 e. The summed E-state index contributed by atoms with van der Waals surface area (Å²) in [6.07, 6.45) is 0.751. The van der Waals surface area contributed by atoms with Crippen molar-refractivity contribution in [2.24, 2.45) is 11.7 Å². The van der Waals surface area contributed by atoms with Gasteiger partial charge < -0.3 is 16.4 Å². The molecule has 0 aliphatic carbocycles. The molecule has 2 aromatic carbocycles. The quantitative estimate of drug-likeness (QED) is 0.434. The van der Waals surface area contributed by atoms with Crippen LogP contribution in [-0.4, -0.2) is 23.4 Å². The molecule has 0 aliphatic rings. The molecule has 1 unspecified atom stereocenters. The number of halogens is 1. The summed E-state index contributed by atoms with van der Waals surface area (Å²) in [4.78, 5) is 23.4. The van der Waals surface area contributed by atoms with E-state index in [0.29, 0.717) is 24.7 Å². The van der Waals surface area contributed by atoms with Gasteiger partial charge in [-0.15, -0.1) is 12.4 Å². The zero-order valence-electron chi connectivity index (χ0n) is 16.1. The van der Waals surface area contributed by atoms with E-state index in [4.69, 9.17) is 5.73 Å². The highest BCUT2D eigenvalue weighted by Crippen LogP contribution is 2.26. The maximum Gasteiger partial charge on any atom is 0.293 e. The van der Waals surface area contributed by atoms with Gasteiger partial charge in [0.1, 0.15) is 5.69 Å². The summed E-state index contributed by atoms with van der Waals surface area (Å²) in [6.45, 7) is 4.87. The largest absolute Gasteiger partial charge is 0.375 e. The molecule has 152 valence electrons. The van der Waals surface area contributed by atoms with Crippen LogP contribution in [0, 0.1) is 16.0 Å². The smallest absolute Gasteiger partial charge is 0.293 e. The predicted octanol–water partition coefficient (Wildman–Crippen LogP) is 3.73. The number of anilines is 1.